The molecule has 2 fully saturated rings. The average Bonchev–Trinajstić information content (AvgIpc) is 3.08. The monoisotopic (exact) mass is 250 g/mol. The summed E-state index contributed by atoms with van der Waals surface area (Å²) in [7, 11) is 0. The molecular formula is C13H22N4O. The van der Waals surface area contributed by atoms with E-state index in [0.29, 0.717) is 11.8 Å². The van der Waals surface area contributed by atoms with Gasteiger partial charge in [0.15, 0.2) is 5.82 Å². The topological polar surface area (TPSA) is 54.2 Å². The van der Waals surface area contributed by atoms with Crippen LogP contribution >= 0.6 is 0 Å². The third-order valence-corrected chi connectivity index (χ3v) is 4.19. The number of nitrogens with zero attached hydrogens (tertiary/aromatic N) is 3. The van der Waals surface area contributed by atoms with E-state index in [9.17, 15) is 0 Å². The average molecular weight is 250 g/mol. The molecule has 2 unspecified atom stereocenters. The minimum absolute atomic E-state index is 0.444. The zero-order valence-electron chi connectivity index (χ0n) is 11.1. The van der Waals surface area contributed by atoms with Crippen molar-refractivity contribution in [3.05, 3.63) is 11.7 Å². The number of likely N-dealkylation sites (N-methyl/N-ethyl adjacent to an activating group) is 1. The Bertz CT molecular complexity index is 386. The Hall–Kier alpha value is -0.940. The Kier molecular flexibility index (Phi) is 3.61. The van der Waals surface area contributed by atoms with Crippen LogP contribution in [0, 0.1) is 0 Å². The van der Waals surface area contributed by atoms with E-state index < -0.39 is 0 Å². The van der Waals surface area contributed by atoms with Gasteiger partial charge in [-0.05, 0) is 38.9 Å². The molecule has 5 nitrogen and oxygen atoms in total. The molecule has 1 aromatic heterocycles. The van der Waals surface area contributed by atoms with Gasteiger partial charge in [-0.15, -0.1) is 0 Å². The molecule has 2 aliphatic rings. The van der Waals surface area contributed by atoms with Gasteiger partial charge in [0.25, 0.3) is 0 Å². The van der Waals surface area contributed by atoms with Crippen molar-refractivity contribution in [3.8, 4) is 0 Å². The zero-order chi connectivity index (χ0) is 12.4. The molecule has 3 heterocycles. The first kappa shape index (κ1) is 12.1. The van der Waals surface area contributed by atoms with Crippen LogP contribution in [0.4, 0.5) is 0 Å². The molecule has 0 spiro atoms. The number of hydrogen-bond acceptors (Lipinski definition) is 5. The second kappa shape index (κ2) is 5.36. The Morgan fingerprint density at radius 3 is 3.06 bits per heavy atom. The van der Waals surface area contributed by atoms with Crippen LogP contribution in [0.2, 0.25) is 0 Å². The van der Waals surface area contributed by atoms with Gasteiger partial charge in [-0.1, -0.05) is 12.1 Å². The van der Waals surface area contributed by atoms with E-state index in [2.05, 4.69) is 27.3 Å². The highest BCUT2D eigenvalue weighted by Crippen LogP contribution is 2.28. The Balaban J connectivity index is 1.66. The van der Waals surface area contributed by atoms with Gasteiger partial charge in [0.2, 0.25) is 5.89 Å². The van der Waals surface area contributed by atoms with Gasteiger partial charge in [-0.3, -0.25) is 0 Å². The summed E-state index contributed by atoms with van der Waals surface area (Å²) in [5.41, 5.74) is 0. The first-order chi connectivity index (χ1) is 8.86. The molecule has 0 bridgehead atoms. The van der Waals surface area contributed by atoms with E-state index in [-0.39, 0.29) is 0 Å². The highest BCUT2D eigenvalue weighted by molar-refractivity contribution is 5.03. The van der Waals surface area contributed by atoms with Crippen molar-refractivity contribution in [3.63, 3.8) is 0 Å². The zero-order valence-corrected chi connectivity index (χ0v) is 11.1. The minimum Gasteiger partial charge on any atom is -0.339 e. The quantitative estimate of drug-likeness (QED) is 0.877. The normalized spacial score (nSPS) is 29.8. The predicted molar refractivity (Wildman–Crippen MR) is 68.6 cm³/mol. The lowest BCUT2D eigenvalue weighted by Gasteiger charge is -2.19. The van der Waals surface area contributed by atoms with Crippen molar-refractivity contribution >= 4 is 0 Å². The molecule has 18 heavy (non-hydrogen) atoms. The fourth-order valence-corrected chi connectivity index (χ4v) is 2.97. The van der Waals surface area contributed by atoms with Crippen molar-refractivity contribution in [2.24, 2.45) is 0 Å². The van der Waals surface area contributed by atoms with E-state index in [1.54, 1.807) is 0 Å². The van der Waals surface area contributed by atoms with Crippen molar-refractivity contribution in [2.75, 3.05) is 32.7 Å². The molecule has 0 radical (unpaired) electrons. The maximum Gasteiger partial charge on any atom is 0.231 e. The summed E-state index contributed by atoms with van der Waals surface area (Å²) in [5, 5.41) is 7.59. The van der Waals surface area contributed by atoms with Crippen molar-refractivity contribution in [1.29, 1.82) is 0 Å². The highest BCUT2D eigenvalue weighted by atomic mass is 16.5. The van der Waals surface area contributed by atoms with Gasteiger partial charge in [-0.25, -0.2) is 0 Å². The lowest BCUT2D eigenvalue weighted by molar-refractivity contribution is 0.322. The summed E-state index contributed by atoms with van der Waals surface area (Å²) in [5.74, 6) is 2.65. The van der Waals surface area contributed by atoms with Gasteiger partial charge in [0, 0.05) is 19.0 Å². The first-order valence-electron chi connectivity index (χ1n) is 7.13. The number of nitrogens with one attached hydrogen (secondary N) is 1. The fraction of sp³-hybridized carbons (Fsp3) is 0.846. The molecular weight excluding hydrogens is 228 g/mol. The van der Waals surface area contributed by atoms with Crippen LogP contribution in [0.25, 0.3) is 0 Å². The molecule has 100 valence electrons. The molecule has 0 amide bonds. The minimum atomic E-state index is 0.444. The van der Waals surface area contributed by atoms with Gasteiger partial charge in [-0.2, -0.15) is 4.98 Å². The van der Waals surface area contributed by atoms with Crippen molar-refractivity contribution in [1.82, 2.24) is 20.4 Å². The Morgan fingerprint density at radius 1 is 1.39 bits per heavy atom. The Morgan fingerprint density at radius 2 is 2.33 bits per heavy atom. The number of aromatic nitrogens is 2. The van der Waals surface area contributed by atoms with Crippen LogP contribution in [-0.2, 0) is 0 Å². The summed E-state index contributed by atoms with van der Waals surface area (Å²) < 4.78 is 5.48. The summed E-state index contributed by atoms with van der Waals surface area (Å²) in [6.07, 6.45) is 3.54. The third-order valence-electron chi connectivity index (χ3n) is 4.19. The van der Waals surface area contributed by atoms with Crippen molar-refractivity contribution in [2.45, 2.75) is 38.0 Å². The summed E-state index contributed by atoms with van der Waals surface area (Å²) in [4.78, 5) is 7.08. The van der Waals surface area contributed by atoms with E-state index in [1.165, 1.54) is 12.8 Å². The predicted octanol–water partition coefficient (Wildman–Crippen LogP) is 1.35. The number of piperidine rings is 1. The number of hydrogen-bond donors (Lipinski definition) is 1. The Labute approximate surface area is 108 Å². The molecule has 2 aliphatic heterocycles. The standard InChI is InChI=1S/C13H22N4O/c1-2-17-7-5-11(9-17)13-15-12(16-18-13)10-4-3-6-14-8-10/h10-11,14H,2-9H2,1H3. The number of likely N-dealkylation sites (tertiary alicyclic amines) is 1. The van der Waals surface area contributed by atoms with Gasteiger partial charge in [0.1, 0.15) is 0 Å². The maximum atomic E-state index is 5.48. The van der Waals surface area contributed by atoms with Gasteiger partial charge in [0.05, 0.1) is 5.92 Å². The summed E-state index contributed by atoms with van der Waals surface area (Å²) >= 11 is 0. The first-order valence-corrected chi connectivity index (χ1v) is 7.13. The second-order valence-electron chi connectivity index (χ2n) is 5.41. The van der Waals surface area contributed by atoms with Crippen LogP contribution < -0.4 is 5.32 Å². The molecule has 2 atom stereocenters. The third kappa shape index (κ3) is 2.42. The molecule has 0 aliphatic carbocycles. The molecule has 3 rings (SSSR count). The molecule has 0 aromatic carbocycles. The molecule has 1 N–H and O–H groups in total. The fourth-order valence-electron chi connectivity index (χ4n) is 2.97. The lowest BCUT2D eigenvalue weighted by Crippen LogP contribution is -2.28. The number of rotatable bonds is 3. The molecule has 0 saturated carbocycles. The highest BCUT2D eigenvalue weighted by Gasteiger charge is 2.29. The maximum absolute atomic E-state index is 5.48. The van der Waals surface area contributed by atoms with E-state index >= 15 is 0 Å². The van der Waals surface area contributed by atoms with E-state index in [1.807, 2.05) is 0 Å². The van der Waals surface area contributed by atoms with E-state index in [4.69, 9.17) is 4.52 Å². The largest absolute Gasteiger partial charge is 0.339 e. The second-order valence-corrected chi connectivity index (χ2v) is 5.41. The van der Waals surface area contributed by atoms with Crippen LogP contribution in [0.15, 0.2) is 4.52 Å². The van der Waals surface area contributed by atoms with Crippen LogP contribution in [-0.4, -0.2) is 47.8 Å². The summed E-state index contributed by atoms with van der Waals surface area (Å²) in [6, 6.07) is 0. The van der Waals surface area contributed by atoms with Crippen LogP contribution in [0.5, 0.6) is 0 Å². The van der Waals surface area contributed by atoms with Crippen LogP contribution in [0.1, 0.15) is 49.7 Å². The lowest BCUT2D eigenvalue weighted by atomic mass is 9.99. The summed E-state index contributed by atoms with van der Waals surface area (Å²) in [6.45, 7) is 7.66. The molecule has 2 saturated heterocycles. The van der Waals surface area contributed by atoms with Crippen molar-refractivity contribution < 1.29 is 4.52 Å². The van der Waals surface area contributed by atoms with Gasteiger partial charge >= 0.3 is 0 Å². The molecule has 1 aromatic rings. The molecule has 5 heteroatoms. The van der Waals surface area contributed by atoms with Crippen LogP contribution in [0.3, 0.4) is 0 Å². The smallest absolute Gasteiger partial charge is 0.231 e. The SMILES string of the molecule is CCN1CCC(c2nc(C3CCCNC3)no2)C1. The van der Waals surface area contributed by atoms with Gasteiger partial charge < -0.3 is 14.7 Å². The van der Waals surface area contributed by atoms with E-state index in [0.717, 1.165) is 50.9 Å².